The third-order valence-electron chi connectivity index (χ3n) is 2.65. The number of rotatable bonds is 2. The van der Waals surface area contributed by atoms with Gasteiger partial charge in [-0.3, -0.25) is 4.79 Å². The van der Waals surface area contributed by atoms with Gasteiger partial charge in [0.2, 0.25) is 0 Å². The molecule has 2 aromatic rings. The van der Waals surface area contributed by atoms with Crippen LogP contribution in [0.1, 0.15) is 15.9 Å². The van der Waals surface area contributed by atoms with Gasteiger partial charge in [-0.15, -0.1) is 0 Å². The molecule has 0 atom stereocenters. The highest BCUT2D eigenvalue weighted by molar-refractivity contribution is 9.10. The van der Waals surface area contributed by atoms with Gasteiger partial charge in [0.1, 0.15) is 5.82 Å². The number of hydrogen-bond donors (Lipinski definition) is 1. The third kappa shape index (κ3) is 3.60. The molecule has 0 bridgehead atoms. The maximum Gasteiger partial charge on any atom is 0.419 e. The molecule has 1 amide bonds. The van der Waals surface area contributed by atoms with E-state index < -0.39 is 29.0 Å². The second-order valence-electron chi connectivity index (χ2n) is 4.13. The number of carbonyl (C=O) groups is 1. The molecule has 0 fully saturated rings. The van der Waals surface area contributed by atoms with Gasteiger partial charge in [-0.1, -0.05) is 22.0 Å². The Morgan fingerprint density at radius 2 is 1.67 bits per heavy atom. The van der Waals surface area contributed by atoms with Gasteiger partial charge in [-0.05, 0) is 36.4 Å². The van der Waals surface area contributed by atoms with Crippen molar-refractivity contribution in [3.63, 3.8) is 0 Å². The first kappa shape index (κ1) is 15.5. The van der Waals surface area contributed by atoms with Crippen LogP contribution in [-0.4, -0.2) is 5.91 Å². The fourth-order valence-electron chi connectivity index (χ4n) is 1.66. The standard InChI is InChI=1S/C14H8BrF4NO/c15-8-4-6-9(7-5-8)20-13(21)10-2-1-3-11(12(10)16)14(17,18)19/h1-7H,(H,20,21). The minimum atomic E-state index is -4.85. The SMILES string of the molecule is O=C(Nc1ccc(Br)cc1)c1cccc(C(F)(F)F)c1F. The van der Waals surface area contributed by atoms with Crippen LogP contribution >= 0.6 is 15.9 Å². The fraction of sp³-hybridized carbons (Fsp3) is 0.0714. The van der Waals surface area contributed by atoms with Crippen LogP contribution in [0.15, 0.2) is 46.9 Å². The molecule has 0 unspecified atom stereocenters. The van der Waals surface area contributed by atoms with Crippen LogP contribution in [0.4, 0.5) is 23.2 Å². The van der Waals surface area contributed by atoms with Gasteiger partial charge in [0, 0.05) is 10.2 Å². The van der Waals surface area contributed by atoms with E-state index in [1.807, 2.05) is 0 Å². The molecule has 0 aliphatic rings. The van der Waals surface area contributed by atoms with E-state index in [-0.39, 0.29) is 0 Å². The van der Waals surface area contributed by atoms with E-state index in [0.717, 1.165) is 16.6 Å². The molecule has 2 rings (SSSR count). The lowest BCUT2D eigenvalue weighted by atomic mass is 10.1. The van der Waals surface area contributed by atoms with Crippen LogP contribution in [-0.2, 0) is 6.18 Å². The molecule has 0 aliphatic carbocycles. The molecule has 1 N–H and O–H groups in total. The Labute approximate surface area is 125 Å². The summed E-state index contributed by atoms with van der Waals surface area (Å²) in [6.45, 7) is 0. The van der Waals surface area contributed by atoms with Gasteiger partial charge >= 0.3 is 6.18 Å². The average Bonchev–Trinajstić information content (AvgIpc) is 2.40. The van der Waals surface area contributed by atoms with Crippen molar-refractivity contribution >= 4 is 27.5 Å². The highest BCUT2D eigenvalue weighted by Gasteiger charge is 2.35. The maximum absolute atomic E-state index is 13.8. The van der Waals surface area contributed by atoms with Crippen molar-refractivity contribution in [3.8, 4) is 0 Å². The summed E-state index contributed by atoms with van der Waals surface area (Å²) in [6.07, 6.45) is -4.85. The number of carbonyl (C=O) groups excluding carboxylic acids is 1. The zero-order valence-electron chi connectivity index (χ0n) is 10.3. The first-order valence-corrected chi connectivity index (χ1v) is 6.51. The Balaban J connectivity index is 2.30. The lowest BCUT2D eigenvalue weighted by Crippen LogP contribution is -2.17. The minimum Gasteiger partial charge on any atom is -0.322 e. The van der Waals surface area contributed by atoms with Gasteiger partial charge in [-0.25, -0.2) is 4.39 Å². The lowest BCUT2D eigenvalue weighted by Gasteiger charge is -2.11. The molecule has 2 nitrogen and oxygen atoms in total. The average molecular weight is 362 g/mol. The van der Waals surface area contributed by atoms with Crippen molar-refractivity contribution in [2.24, 2.45) is 0 Å². The molecule has 21 heavy (non-hydrogen) atoms. The normalized spacial score (nSPS) is 11.3. The Kier molecular flexibility index (Phi) is 4.32. The van der Waals surface area contributed by atoms with Crippen molar-refractivity contribution in [3.05, 3.63) is 63.9 Å². The summed E-state index contributed by atoms with van der Waals surface area (Å²) < 4.78 is 52.3. The Morgan fingerprint density at radius 1 is 1.05 bits per heavy atom. The number of alkyl halides is 3. The van der Waals surface area contributed by atoms with E-state index >= 15 is 0 Å². The van der Waals surface area contributed by atoms with Crippen molar-refractivity contribution in [2.75, 3.05) is 5.32 Å². The molecule has 0 saturated heterocycles. The lowest BCUT2D eigenvalue weighted by molar-refractivity contribution is -0.140. The fourth-order valence-corrected chi connectivity index (χ4v) is 1.92. The van der Waals surface area contributed by atoms with Crippen molar-refractivity contribution < 1.29 is 22.4 Å². The first-order valence-electron chi connectivity index (χ1n) is 5.71. The van der Waals surface area contributed by atoms with Crippen LogP contribution in [0.3, 0.4) is 0 Å². The quantitative estimate of drug-likeness (QED) is 0.760. The van der Waals surface area contributed by atoms with Crippen LogP contribution in [0.2, 0.25) is 0 Å². The topological polar surface area (TPSA) is 29.1 Å². The number of benzene rings is 2. The number of nitrogens with one attached hydrogen (secondary N) is 1. The second kappa shape index (κ2) is 5.85. The molecular formula is C14H8BrF4NO. The summed E-state index contributed by atoms with van der Waals surface area (Å²) in [5.41, 5.74) is -1.78. The smallest absolute Gasteiger partial charge is 0.322 e. The van der Waals surface area contributed by atoms with Crippen molar-refractivity contribution in [2.45, 2.75) is 6.18 Å². The van der Waals surface area contributed by atoms with Gasteiger partial charge in [0.05, 0.1) is 11.1 Å². The molecule has 0 heterocycles. The van der Waals surface area contributed by atoms with Gasteiger partial charge < -0.3 is 5.32 Å². The molecule has 7 heteroatoms. The molecule has 0 radical (unpaired) electrons. The summed E-state index contributed by atoms with van der Waals surface area (Å²) >= 11 is 3.20. The van der Waals surface area contributed by atoms with Gasteiger partial charge in [-0.2, -0.15) is 13.2 Å². The van der Waals surface area contributed by atoms with E-state index in [1.54, 1.807) is 12.1 Å². The van der Waals surface area contributed by atoms with E-state index in [9.17, 15) is 22.4 Å². The first-order chi connectivity index (χ1) is 9.79. The van der Waals surface area contributed by atoms with Crippen molar-refractivity contribution in [1.82, 2.24) is 0 Å². The molecule has 110 valence electrons. The summed E-state index contributed by atoms with van der Waals surface area (Å²) in [6, 6.07) is 8.92. The zero-order chi connectivity index (χ0) is 15.6. The van der Waals surface area contributed by atoms with Crippen LogP contribution in [0.5, 0.6) is 0 Å². The molecule has 0 aromatic heterocycles. The van der Waals surface area contributed by atoms with Gasteiger partial charge in [0.25, 0.3) is 5.91 Å². The third-order valence-corrected chi connectivity index (χ3v) is 3.18. The minimum absolute atomic E-state index is 0.347. The zero-order valence-corrected chi connectivity index (χ0v) is 11.9. The Bertz CT molecular complexity index is 668. The largest absolute Gasteiger partial charge is 0.419 e. The van der Waals surface area contributed by atoms with Gasteiger partial charge in [0.15, 0.2) is 0 Å². The van der Waals surface area contributed by atoms with Crippen LogP contribution in [0, 0.1) is 5.82 Å². The molecule has 2 aromatic carbocycles. The number of halogens is 5. The predicted molar refractivity (Wildman–Crippen MR) is 73.5 cm³/mol. The van der Waals surface area contributed by atoms with E-state index in [1.165, 1.54) is 12.1 Å². The molecule has 0 spiro atoms. The maximum atomic E-state index is 13.8. The summed E-state index contributed by atoms with van der Waals surface area (Å²) in [5, 5.41) is 2.34. The van der Waals surface area contributed by atoms with E-state index in [4.69, 9.17) is 0 Å². The van der Waals surface area contributed by atoms with E-state index in [2.05, 4.69) is 21.2 Å². The monoisotopic (exact) mass is 361 g/mol. The number of hydrogen-bond acceptors (Lipinski definition) is 1. The van der Waals surface area contributed by atoms with Crippen molar-refractivity contribution in [1.29, 1.82) is 0 Å². The van der Waals surface area contributed by atoms with Crippen LogP contribution in [0.25, 0.3) is 0 Å². The highest BCUT2D eigenvalue weighted by Crippen LogP contribution is 2.32. The summed E-state index contributed by atoms with van der Waals surface area (Å²) in [5.74, 6) is -2.53. The Hall–Kier alpha value is -1.89. The second-order valence-corrected chi connectivity index (χ2v) is 5.04. The summed E-state index contributed by atoms with van der Waals surface area (Å²) in [4.78, 5) is 11.9. The number of anilines is 1. The molecule has 0 saturated carbocycles. The number of amides is 1. The van der Waals surface area contributed by atoms with Crippen LogP contribution < -0.4 is 5.32 Å². The van der Waals surface area contributed by atoms with E-state index in [0.29, 0.717) is 11.8 Å². The predicted octanol–water partition coefficient (Wildman–Crippen LogP) is 4.86. The Morgan fingerprint density at radius 3 is 2.24 bits per heavy atom. The molecular weight excluding hydrogens is 354 g/mol. The highest BCUT2D eigenvalue weighted by atomic mass is 79.9. The molecule has 0 aliphatic heterocycles. The summed E-state index contributed by atoms with van der Waals surface area (Å²) in [7, 11) is 0.